The highest BCUT2D eigenvalue weighted by molar-refractivity contribution is 5.87. The van der Waals surface area contributed by atoms with Gasteiger partial charge in [0.1, 0.15) is 18.1 Å². The van der Waals surface area contributed by atoms with Crippen molar-refractivity contribution in [2.75, 3.05) is 6.61 Å². The van der Waals surface area contributed by atoms with E-state index in [0.717, 1.165) is 30.6 Å². The van der Waals surface area contributed by atoms with Crippen molar-refractivity contribution in [1.29, 1.82) is 0 Å². The summed E-state index contributed by atoms with van der Waals surface area (Å²) in [6.07, 6.45) is 4.00. The summed E-state index contributed by atoms with van der Waals surface area (Å²) < 4.78 is 5.52. The number of hydrogen-bond acceptors (Lipinski definition) is 2. The zero-order valence-electron chi connectivity index (χ0n) is 9.74. The van der Waals surface area contributed by atoms with Crippen LogP contribution >= 0.6 is 0 Å². The van der Waals surface area contributed by atoms with Crippen LogP contribution in [0.15, 0.2) is 24.3 Å². The van der Waals surface area contributed by atoms with E-state index in [1.807, 2.05) is 24.3 Å². The van der Waals surface area contributed by atoms with E-state index in [2.05, 4.69) is 6.92 Å². The van der Waals surface area contributed by atoms with Gasteiger partial charge < -0.3 is 4.74 Å². The van der Waals surface area contributed by atoms with Gasteiger partial charge in [0.25, 0.3) is 0 Å². The molecule has 0 fully saturated rings. The van der Waals surface area contributed by atoms with Crippen LogP contribution in [0.1, 0.15) is 44.1 Å². The lowest BCUT2D eigenvalue weighted by atomic mass is 9.93. The first-order valence-corrected chi connectivity index (χ1v) is 6.07. The molecule has 86 valence electrons. The van der Waals surface area contributed by atoms with E-state index >= 15 is 0 Å². The van der Waals surface area contributed by atoms with Crippen molar-refractivity contribution >= 4 is 5.78 Å². The highest BCUT2D eigenvalue weighted by Gasteiger charge is 2.28. The van der Waals surface area contributed by atoms with Crippen LogP contribution < -0.4 is 4.74 Å². The van der Waals surface area contributed by atoms with E-state index < -0.39 is 0 Å². The minimum Gasteiger partial charge on any atom is -0.492 e. The van der Waals surface area contributed by atoms with Crippen LogP contribution in [0.5, 0.6) is 5.75 Å². The van der Waals surface area contributed by atoms with Crippen LogP contribution in [0.2, 0.25) is 0 Å². The number of Topliss-reactive ketones (excluding diaryl/α,β-unsaturated/α-hetero) is 1. The summed E-state index contributed by atoms with van der Waals surface area (Å²) in [4.78, 5) is 12.0. The van der Waals surface area contributed by atoms with Crippen LogP contribution in [0.25, 0.3) is 0 Å². The number of ether oxygens (including phenoxy) is 1. The van der Waals surface area contributed by atoms with E-state index in [1.165, 1.54) is 0 Å². The molecule has 0 radical (unpaired) electrons. The van der Waals surface area contributed by atoms with Gasteiger partial charge in [0, 0.05) is 12.0 Å². The fourth-order valence-electron chi connectivity index (χ4n) is 2.15. The number of ketones is 1. The van der Waals surface area contributed by atoms with E-state index in [-0.39, 0.29) is 5.92 Å². The molecule has 0 N–H and O–H groups in total. The second-order valence-electron chi connectivity index (χ2n) is 4.32. The first kappa shape index (κ1) is 11.2. The number of carbonyl (C=O) groups excluding carboxylic acids is 1. The van der Waals surface area contributed by atoms with Gasteiger partial charge in [-0.2, -0.15) is 0 Å². The minimum atomic E-state index is -0.0203. The van der Waals surface area contributed by atoms with Crippen LogP contribution in [0, 0.1) is 0 Å². The predicted molar refractivity (Wildman–Crippen MR) is 63.8 cm³/mol. The average molecular weight is 218 g/mol. The molecule has 1 heterocycles. The van der Waals surface area contributed by atoms with Crippen molar-refractivity contribution in [2.24, 2.45) is 0 Å². The Morgan fingerprint density at radius 3 is 3.00 bits per heavy atom. The molecule has 1 unspecified atom stereocenters. The highest BCUT2D eigenvalue weighted by Crippen LogP contribution is 2.34. The number of carbonyl (C=O) groups is 1. The molecule has 1 aromatic carbocycles. The Bertz CT molecular complexity index is 371. The average Bonchev–Trinajstić information content (AvgIpc) is 2.73. The molecular weight excluding hydrogens is 200 g/mol. The molecule has 2 heteroatoms. The predicted octanol–water partition coefficient (Wildman–Crippen LogP) is 3.31. The molecule has 0 spiro atoms. The van der Waals surface area contributed by atoms with E-state index in [0.29, 0.717) is 18.8 Å². The summed E-state index contributed by atoms with van der Waals surface area (Å²) in [6.45, 7) is 2.68. The molecule has 0 saturated heterocycles. The third kappa shape index (κ3) is 2.26. The Morgan fingerprint density at radius 1 is 1.38 bits per heavy atom. The molecule has 1 aliphatic rings. The largest absolute Gasteiger partial charge is 0.492 e. The lowest BCUT2D eigenvalue weighted by Crippen LogP contribution is -2.13. The second kappa shape index (κ2) is 5.15. The Kier molecular flexibility index (Phi) is 3.60. The molecule has 0 amide bonds. The van der Waals surface area contributed by atoms with Gasteiger partial charge in [0.2, 0.25) is 0 Å². The van der Waals surface area contributed by atoms with Crippen molar-refractivity contribution < 1.29 is 9.53 Å². The van der Waals surface area contributed by atoms with Crippen molar-refractivity contribution in [3.8, 4) is 5.75 Å². The van der Waals surface area contributed by atoms with E-state index in [4.69, 9.17) is 4.74 Å². The molecule has 1 atom stereocenters. The number of rotatable bonds is 5. The van der Waals surface area contributed by atoms with Crippen molar-refractivity contribution in [3.63, 3.8) is 0 Å². The first-order valence-electron chi connectivity index (χ1n) is 6.07. The van der Waals surface area contributed by atoms with Crippen LogP contribution in [0.4, 0.5) is 0 Å². The molecule has 1 aromatic rings. The standard InChI is InChI=1S/C14H18O2/c1-2-3-4-8-13(15)12-10-16-14-9-6-5-7-11(12)14/h5-7,9,12H,2-4,8,10H2,1H3. The third-order valence-corrected chi connectivity index (χ3v) is 3.12. The SMILES string of the molecule is CCCCCC(=O)C1COc2ccccc21. The molecule has 0 saturated carbocycles. The summed E-state index contributed by atoms with van der Waals surface area (Å²) in [5.74, 6) is 1.20. The third-order valence-electron chi connectivity index (χ3n) is 3.12. The van der Waals surface area contributed by atoms with Gasteiger partial charge in [0.05, 0.1) is 5.92 Å². The van der Waals surface area contributed by atoms with Gasteiger partial charge in [0.15, 0.2) is 0 Å². The number of para-hydroxylation sites is 1. The van der Waals surface area contributed by atoms with Crippen molar-refractivity contribution in [3.05, 3.63) is 29.8 Å². The molecule has 2 rings (SSSR count). The summed E-state index contributed by atoms with van der Waals surface area (Å²) in [7, 11) is 0. The zero-order valence-corrected chi connectivity index (χ0v) is 9.74. The summed E-state index contributed by atoms with van der Waals surface area (Å²) in [5, 5.41) is 0. The van der Waals surface area contributed by atoms with Crippen LogP contribution in [-0.4, -0.2) is 12.4 Å². The molecule has 0 aromatic heterocycles. The molecular formula is C14H18O2. The number of benzene rings is 1. The molecule has 0 aliphatic carbocycles. The lowest BCUT2D eigenvalue weighted by molar-refractivity contribution is -0.120. The Balaban J connectivity index is 1.99. The summed E-state index contributed by atoms with van der Waals surface area (Å²) in [5.41, 5.74) is 1.07. The topological polar surface area (TPSA) is 26.3 Å². The maximum absolute atomic E-state index is 12.0. The lowest BCUT2D eigenvalue weighted by Gasteiger charge is -2.07. The maximum atomic E-state index is 12.0. The van der Waals surface area contributed by atoms with Gasteiger partial charge in [-0.05, 0) is 12.5 Å². The summed E-state index contributed by atoms with van der Waals surface area (Å²) >= 11 is 0. The molecule has 2 nitrogen and oxygen atoms in total. The normalized spacial score (nSPS) is 17.9. The monoisotopic (exact) mass is 218 g/mol. The summed E-state index contributed by atoms with van der Waals surface area (Å²) in [6, 6.07) is 7.86. The van der Waals surface area contributed by atoms with Gasteiger partial charge in [-0.1, -0.05) is 38.0 Å². The fourth-order valence-corrected chi connectivity index (χ4v) is 2.15. The zero-order chi connectivity index (χ0) is 11.4. The van der Waals surface area contributed by atoms with Crippen molar-refractivity contribution in [2.45, 2.75) is 38.5 Å². The molecule has 0 bridgehead atoms. The number of hydrogen-bond donors (Lipinski definition) is 0. The van der Waals surface area contributed by atoms with Gasteiger partial charge in [-0.3, -0.25) is 4.79 Å². The first-order chi connectivity index (χ1) is 7.83. The molecule has 1 aliphatic heterocycles. The Morgan fingerprint density at radius 2 is 2.19 bits per heavy atom. The van der Waals surface area contributed by atoms with Crippen LogP contribution in [0.3, 0.4) is 0 Å². The molecule has 16 heavy (non-hydrogen) atoms. The quantitative estimate of drug-likeness (QED) is 0.709. The Labute approximate surface area is 96.6 Å². The number of unbranched alkanes of at least 4 members (excludes halogenated alkanes) is 2. The van der Waals surface area contributed by atoms with E-state index in [9.17, 15) is 4.79 Å². The van der Waals surface area contributed by atoms with Gasteiger partial charge in [-0.25, -0.2) is 0 Å². The second-order valence-corrected chi connectivity index (χ2v) is 4.32. The van der Waals surface area contributed by atoms with E-state index in [1.54, 1.807) is 0 Å². The maximum Gasteiger partial charge on any atom is 0.143 e. The highest BCUT2D eigenvalue weighted by atomic mass is 16.5. The van der Waals surface area contributed by atoms with Crippen LogP contribution in [-0.2, 0) is 4.79 Å². The number of fused-ring (bicyclic) bond motifs is 1. The fraction of sp³-hybridized carbons (Fsp3) is 0.500. The Hall–Kier alpha value is -1.31. The minimum absolute atomic E-state index is 0.0203. The smallest absolute Gasteiger partial charge is 0.143 e. The van der Waals surface area contributed by atoms with Gasteiger partial charge >= 0.3 is 0 Å². The van der Waals surface area contributed by atoms with Gasteiger partial charge in [-0.15, -0.1) is 0 Å². The van der Waals surface area contributed by atoms with Crippen molar-refractivity contribution in [1.82, 2.24) is 0 Å².